The summed E-state index contributed by atoms with van der Waals surface area (Å²) < 4.78 is 7.49. The second-order valence-electron chi connectivity index (χ2n) is 7.58. The van der Waals surface area contributed by atoms with Crippen LogP contribution in [0.1, 0.15) is 67.9 Å². The van der Waals surface area contributed by atoms with Crippen molar-refractivity contribution < 1.29 is 9.32 Å². The molecule has 0 radical (unpaired) electrons. The topological polar surface area (TPSA) is 76.2 Å². The Morgan fingerprint density at radius 3 is 2.96 bits per heavy atom. The monoisotopic (exact) mass is 393 g/mol. The lowest BCUT2D eigenvalue weighted by atomic mass is 10.1. The molecule has 8 heteroatoms. The van der Waals surface area contributed by atoms with Crippen LogP contribution in [0.3, 0.4) is 0 Å². The number of aryl methyl sites for hydroxylation is 1. The second kappa shape index (κ2) is 8.44. The van der Waals surface area contributed by atoms with E-state index in [2.05, 4.69) is 40.2 Å². The minimum atomic E-state index is 0. The van der Waals surface area contributed by atoms with E-state index < -0.39 is 0 Å². The zero-order valence-corrected chi connectivity index (χ0v) is 16.8. The molecule has 1 saturated heterocycles. The Labute approximate surface area is 165 Å². The van der Waals surface area contributed by atoms with E-state index in [1.807, 2.05) is 11.0 Å². The van der Waals surface area contributed by atoms with Gasteiger partial charge in [-0.1, -0.05) is 19.0 Å². The minimum Gasteiger partial charge on any atom is -0.361 e. The third-order valence-corrected chi connectivity index (χ3v) is 5.35. The molecule has 0 spiro atoms. The molecule has 0 saturated carbocycles. The third-order valence-electron chi connectivity index (χ3n) is 5.35. The van der Waals surface area contributed by atoms with Gasteiger partial charge in [-0.25, -0.2) is 0 Å². The molecule has 0 aromatic carbocycles. The molecule has 4 heterocycles. The maximum absolute atomic E-state index is 12.8. The van der Waals surface area contributed by atoms with E-state index in [1.165, 1.54) is 5.69 Å². The van der Waals surface area contributed by atoms with Crippen LogP contribution >= 0.6 is 12.4 Å². The highest BCUT2D eigenvalue weighted by molar-refractivity contribution is 5.85. The van der Waals surface area contributed by atoms with Crippen LogP contribution in [0, 0.1) is 0 Å². The van der Waals surface area contributed by atoms with Crippen molar-refractivity contribution >= 4 is 18.3 Å². The number of hydrogen-bond donors (Lipinski definition) is 1. The molecule has 2 aliphatic heterocycles. The number of fused-ring (bicyclic) bond motifs is 1. The first-order chi connectivity index (χ1) is 12.6. The normalized spacial score (nSPS) is 19.2. The largest absolute Gasteiger partial charge is 0.361 e. The first-order valence-corrected chi connectivity index (χ1v) is 9.64. The van der Waals surface area contributed by atoms with Crippen molar-refractivity contribution in [3.05, 3.63) is 35.0 Å². The van der Waals surface area contributed by atoms with Crippen LogP contribution < -0.4 is 5.32 Å². The molecular weight excluding hydrogens is 366 g/mol. The van der Waals surface area contributed by atoms with Gasteiger partial charge in [-0.05, 0) is 18.9 Å². The lowest BCUT2D eigenvalue weighted by Gasteiger charge is -2.22. The molecule has 1 N–H and O–H groups in total. The number of hydrogen-bond acceptors (Lipinski definition) is 5. The van der Waals surface area contributed by atoms with E-state index in [9.17, 15) is 4.79 Å². The molecule has 1 fully saturated rings. The first-order valence-electron chi connectivity index (χ1n) is 9.64. The number of halogens is 1. The fourth-order valence-corrected chi connectivity index (χ4v) is 3.86. The van der Waals surface area contributed by atoms with E-state index in [0.717, 1.165) is 56.2 Å². The van der Waals surface area contributed by atoms with Gasteiger partial charge in [0.2, 0.25) is 5.91 Å². The van der Waals surface area contributed by atoms with E-state index in [1.54, 1.807) is 0 Å². The fraction of sp³-hybridized carbons (Fsp3) is 0.632. The van der Waals surface area contributed by atoms with Gasteiger partial charge in [0.25, 0.3) is 0 Å². The molecule has 27 heavy (non-hydrogen) atoms. The van der Waals surface area contributed by atoms with Gasteiger partial charge in [0, 0.05) is 44.5 Å². The Balaban J connectivity index is 0.00000210. The number of likely N-dealkylation sites (tertiary alicyclic amines) is 1. The SMILES string of the molecule is CC(C)c1cc(C2CCCN2C(=O)CCc2cc3n(n2)CCNC3)no1.Cl. The van der Waals surface area contributed by atoms with Crippen LogP contribution in [-0.2, 0) is 24.3 Å². The molecule has 7 nitrogen and oxygen atoms in total. The molecule has 1 atom stereocenters. The summed E-state index contributed by atoms with van der Waals surface area (Å²) in [5.41, 5.74) is 3.11. The van der Waals surface area contributed by atoms with Crippen molar-refractivity contribution in [3.63, 3.8) is 0 Å². The average molecular weight is 394 g/mol. The lowest BCUT2D eigenvalue weighted by molar-refractivity contribution is -0.132. The van der Waals surface area contributed by atoms with Gasteiger partial charge in [-0.2, -0.15) is 5.10 Å². The van der Waals surface area contributed by atoms with Crippen LogP contribution in [0.2, 0.25) is 0 Å². The average Bonchev–Trinajstić information content (AvgIpc) is 3.37. The van der Waals surface area contributed by atoms with Gasteiger partial charge in [-0.3, -0.25) is 9.48 Å². The standard InChI is InChI=1S/C19H27N5O2.ClH/c1-13(2)18-11-16(22-26-18)17-4-3-8-23(17)19(25)6-5-14-10-15-12-20-7-9-24(15)21-14;/h10-11,13,17,20H,3-9,12H2,1-2H3;1H. The molecule has 1 unspecified atom stereocenters. The molecule has 2 aliphatic rings. The summed E-state index contributed by atoms with van der Waals surface area (Å²) >= 11 is 0. The van der Waals surface area contributed by atoms with Crippen LogP contribution in [-0.4, -0.2) is 38.8 Å². The zero-order chi connectivity index (χ0) is 18.1. The molecule has 2 aromatic heterocycles. The number of aromatic nitrogens is 3. The summed E-state index contributed by atoms with van der Waals surface area (Å²) in [5.74, 6) is 1.38. The Morgan fingerprint density at radius 2 is 2.22 bits per heavy atom. The molecular formula is C19H28ClN5O2. The van der Waals surface area contributed by atoms with Crippen molar-refractivity contribution in [1.82, 2.24) is 25.2 Å². The van der Waals surface area contributed by atoms with Gasteiger partial charge in [0.15, 0.2) is 0 Å². The fourth-order valence-electron chi connectivity index (χ4n) is 3.86. The Morgan fingerprint density at radius 1 is 1.37 bits per heavy atom. The van der Waals surface area contributed by atoms with Crippen molar-refractivity contribution in [1.29, 1.82) is 0 Å². The quantitative estimate of drug-likeness (QED) is 0.845. The highest BCUT2D eigenvalue weighted by Crippen LogP contribution is 2.33. The predicted molar refractivity (Wildman–Crippen MR) is 104 cm³/mol. The molecule has 0 aliphatic carbocycles. The summed E-state index contributed by atoms with van der Waals surface area (Å²) in [5, 5.41) is 12.2. The summed E-state index contributed by atoms with van der Waals surface area (Å²) in [6.45, 7) is 7.70. The Bertz CT molecular complexity index is 761. The number of nitrogens with one attached hydrogen (secondary N) is 1. The summed E-state index contributed by atoms with van der Waals surface area (Å²) in [4.78, 5) is 14.8. The van der Waals surface area contributed by atoms with Crippen LogP contribution in [0.15, 0.2) is 16.7 Å². The number of amides is 1. The van der Waals surface area contributed by atoms with Gasteiger partial charge >= 0.3 is 0 Å². The maximum Gasteiger partial charge on any atom is 0.223 e. The van der Waals surface area contributed by atoms with Crippen LogP contribution in [0.5, 0.6) is 0 Å². The van der Waals surface area contributed by atoms with Crippen molar-refractivity contribution in [2.75, 3.05) is 13.1 Å². The van der Waals surface area contributed by atoms with Crippen molar-refractivity contribution in [3.8, 4) is 0 Å². The number of rotatable bonds is 5. The van der Waals surface area contributed by atoms with E-state index in [4.69, 9.17) is 4.52 Å². The highest BCUT2D eigenvalue weighted by Gasteiger charge is 2.32. The van der Waals surface area contributed by atoms with E-state index in [-0.39, 0.29) is 24.4 Å². The summed E-state index contributed by atoms with van der Waals surface area (Å²) in [6, 6.07) is 4.18. The number of carbonyl (C=O) groups excluding carboxylic acids is 1. The van der Waals surface area contributed by atoms with E-state index in [0.29, 0.717) is 18.8 Å². The lowest BCUT2D eigenvalue weighted by Crippen LogP contribution is -2.31. The number of nitrogens with zero attached hydrogens (tertiary/aromatic N) is 4. The zero-order valence-electron chi connectivity index (χ0n) is 16.0. The van der Waals surface area contributed by atoms with Gasteiger partial charge < -0.3 is 14.7 Å². The molecule has 0 bridgehead atoms. The van der Waals surface area contributed by atoms with Gasteiger partial charge in [0.05, 0.1) is 24.0 Å². The van der Waals surface area contributed by atoms with Gasteiger partial charge in [-0.15, -0.1) is 12.4 Å². The molecule has 1 amide bonds. The van der Waals surface area contributed by atoms with Gasteiger partial charge in [0.1, 0.15) is 11.5 Å². The Kier molecular flexibility index (Phi) is 6.22. The van der Waals surface area contributed by atoms with E-state index >= 15 is 0 Å². The number of carbonyl (C=O) groups is 1. The van der Waals surface area contributed by atoms with Crippen molar-refractivity contribution in [2.45, 2.75) is 64.6 Å². The minimum absolute atomic E-state index is 0. The van der Waals surface area contributed by atoms with Crippen LogP contribution in [0.4, 0.5) is 0 Å². The molecule has 2 aromatic rings. The Hall–Kier alpha value is -1.86. The predicted octanol–water partition coefficient (Wildman–Crippen LogP) is 2.82. The summed E-state index contributed by atoms with van der Waals surface area (Å²) in [7, 11) is 0. The highest BCUT2D eigenvalue weighted by atomic mass is 35.5. The van der Waals surface area contributed by atoms with Crippen LogP contribution in [0.25, 0.3) is 0 Å². The maximum atomic E-state index is 12.8. The summed E-state index contributed by atoms with van der Waals surface area (Å²) in [6.07, 6.45) is 3.17. The molecule has 4 rings (SSSR count). The first kappa shape index (κ1) is 19.9. The van der Waals surface area contributed by atoms with Crippen molar-refractivity contribution in [2.24, 2.45) is 0 Å². The smallest absolute Gasteiger partial charge is 0.223 e. The third kappa shape index (κ3) is 4.19. The molecule has 148 valence electrons. The second-order valence-corrected chi connectivity index (χ2v) is 7.58.